The molecule has 8 heteroatoms. The van der Waals surface area contributed by atoms with Gasteiger partial charge >= 0.3 is 0 Å². The molecule has 0 bridgehead atoms. The van der Waals surface area contributed by atoms with Crippen LogP contribution in [0, 0.1) is 0 Å². The molecule has 0 spiro atoms. The number of nitrogens with zero attached hydrogens (tertiary/aromatic N) is 1. The molecule has 4 aromatic carbocycles. The molecular formula is C36H38N2O6. The molecule has 1 saturated heterocycles. The molecule has 2 aliphatic rings. The molecule has 44 heavy (non-hydrogen) atoms. The fraction of sp³-hybridized carbons (Fsp3) is 0.306. The maximum atomic E-state index is 12.8. The first-order valence-electron chi connectivity index (χ1n) is 15.0. The topological polar surface area (TPSA) is 89.5 Å². The number of methoxy groups -OCH3 is 2. The summed E-state index contributed by atoms with van der Waals surface area (Å²) in [6, 6.07) is 28.9. The van der Waals surface area contributed by atoms with Crippen LogP contribution in [0.3, 0.4) is 0 Å². The van der Waals surface area contributed by atoms with E-state index >= 15 is 0 Å². The van der Waals surface area contributed by atoms with Crippen LogP contribution in [0.25, 0.3) is 0 Å². The summed E-state index contributed by atoms with van der Waals surface area (Å²) in [6.45, 7) is 2.43. The van der Waals surface area contributed by atoms with Crippen LogP contribution in [0.15, 0.2) is 91.0 Å². The third kappa shape index (κ3) is 6.79. The maximum absolute atomic E-state index is 12.8. The molecule has 0 aromatic heterocycles. The number of carbonyl (C=O) groups excluding carboxylic acids is 1. The summed E-state index contributed by atoms with van der Waals surface area (Å²) in [5.41, 5.74) is 6.50. The Kier molecular flexibility index (Phi) is 9.23. The molecule has 2 heterocycles. The number of ether oxygens (including phenoxy) is 4. The second-order valence-corrected chi connectivity index (χ2v) is 11.3. The van der Waals surface area contributed by atoms with Crippen molar-refractivity contribution >= 4 is 11.6 Å². The van der Waals surface area contributed by atoms with E-state index in [0.717, 1.165) is 54.2 Å². The molecule has 1 fully saturated rings. The van der Waals surface area contributed by atoms with Crippen molar-refractivity contribution in [2.45, 2.75) is 44.5 Å². The molecule has 1 amide bonds. The third-order valence-corrected chi connectivity index (χ3v) is 8.33. The summed E-state index contributed by atoms with van der Waals surface area (Å²) in [6.07, 6.45) is 0.689. The third-order valence-electron chi connectivity index (χ3n) is 8.33. The summed E-state index contributed by atoms with van der Waals surface area (Å²) in [5, 5.41) is 12.5. The van der Waals surface area contributed by atoms with Gasteiger partial charge in [0.15, 0.2) is 17.8 Å². The highest BCUT2D eigenvalue weighted by molar-refractivity contribution is 6.04. The lowest BCUT2D eigenvalue weighted by Crippen LogP contribution is -2.41. The molecule has 2 N–H and O–H groups in total. The standard InChI is InChI=1S/C36H38N2O6/c1-41-33-18-27-15-16-38(21-29(27)19-34(33)42-2)22-31-20-32(25-13-11-24(23-39)12-14-25)44-36(43-31)28-9-6-10-30(17-28)37-35(40)26-7-4-3-5-8-26/h3-14,17-19,31-32,36,39H,15-16,20-23H2,1-2H3,(H,37,40). The van der Waals surface area contributed by atoms with Crippen molar-refractivity contribution < 1.29 is 28.8 Å². The van der Waals surface area contributed by atoms with Gasteiger partial charge in [-0.3, -0.25) is 9.69 Å². The lowest BCUT2D eigenvalue weighted by Gasteiger charge is -2.39. The number of nitrogens with one attached hydrogen (secondary N) is 1. The van der Waals surface area contributed by atoms with Crippen molar-refractivity contribution in [3.05, 3.63) is 124 Å². The quantitative estimate of drug-likeness (QED) is 0.244. The van der Waals surface area contributed by atoms with Gasteiger partial charge in [-0.25, -0.2) is 0 Å². The highest BCUT2D eigenvalue weighted by atomic mass is 16.7. The molecule has 0 radical (unpaired) electrons. The molecule has 0 saturated carbocycles. The zero-order valence-electron chi connectivity index (χ0n) is 25.1. The molecule has 228 valence electrons. The van der Waals surface area contributed by atoms with Gasteiger partial charge < -0.3 is 29.4 Å². The number of hydrogen-bond donors (Lipinski definition) is 2. The molecule has 3 atom stereocenters. The van der Waals surface area contributed by atoms with Gasteiger partial charge in [0.2, 0.25) is 0 Å². The van der Waals surface area contributed by atoms with Gasteiger partial charge in [0.25, 0.3) is 5.91 Å². The Morgan fingerprint density at radius 2 is 1.64 bits per heavy atom. The second-order valence-electron chi connectivity index (χ2n) is 11.3. The first kappa shape index (κ1) is 29.8. The molecule has 2 aliphatic heterocycles. The number of rotatable bonds is 9. The minimum absolute atomic E-state index is 0.00521. The van der Waals surface area contributed by atoms with Gasteiger partial charge in [0, 0.05) is 42.9 Å². The van der Waals surface area contributed by atoms with E-state index in [1.807, 2.05) is 66.7 Å². The number of hydrogen-bond acceptors (Lipinski definition) is 7. The average molecular weight is 595 g/mol. The molecule has 4 aromatic rings. The number of benzene rings is 4. The van der Waals surface area contributed by atoms with Crippen LogP contribution in [-0.4, -0.2) is 49.3 Å². The molecule has 8 nitrogen and oxygen atoms in total. The number of anilines is 1. The van der Waals surface area contributed by atoms with Crippen molar-refractivity contribution in [2.24, 2.45) is 0 Å². The van der Waals surface area contributed by atoms with Crippen molar-refractivity contribution in [1.29, 1.82) is 0 Å². The summed E-state index contributed by atoms with van der Waals surface area (Å²) in [5.74, 6) is 1.32. The summed E-state index contributed by atoms with van der Waals surface area (Å²) in [4.78, 5) is 15.2. The summed E-state index contributed by atoms with van der Waals surface area (Å²) >= 11 is 0. The largest absolute Gasteiger partial charge is 0.493 e. The van der Waals surface area contributed by atoms with Crippen LogP contribution < -0.4 is 14.8 Å². The van der Waals surface area contributed by atoms with E-state index in [2.05, 4.69) is 22.3 Å². The van der Waals surface area contributed by atoms with Crippen molar-refractivity contribution in [2.75, 3.05) is 32.6 Å². The highest BCUT2D eigenvalue weighted by Crippen LogP contribution is 2.39. The van der Waals surface area contributed by atoms with Crippen molar-refractivity contribution in [3.8, 4) is 11.5 Å². The number of amides is 1. The Hall–Kier alpha value is -4.21. The summed E-state index contributed by atoms with van der Waals surface area (Å²) < 4.78 is 24.3. The number of fused-ring (bicyclic) bond motifs is 1. The Morgan fingerprint density at radius 3 is 2.36 bits per heavy atom. The van der Waals surface area contributed by atoms with Crippen molar-refractivity contribution in [3.63, 3.8) is 0 Å². The van der Waals surface area contributed by atoms with Gasteiger partial charge in [-0.2, -0.15) is 0 Å². The van der Waals surface area contributed by atoms with E-state index in [9.17, 15) is 9.90 Å². The Bertz CT molecular complexity index is 1580. The first-order valence-corrected chi connectivity index (χ1v) is 15.0. The summed E-state index contributed by atoms with van der Waals surface area (Å²) in [7, 11) is 3.33. The fourth-order valence-corrected chi connectivity index (χ4v) is 5.97. The minimum Gasteiger partial charge on any atom is -0.493 e. The van der Waals surface area contributed by atoms with E-state index < -0.39 is 6.29 Å². The van der Waals surface area contributed by atoms with Gasteiger partial charge in [-0.05, 0) is 65.1 Å². The fourth-order valence-electron chi connectivity index (χ4n) is 5.97. The molecular weight excluding hydrogens is 556 g/mol. The monoisotopic (exact) mass is 594 g/mol. The zero-order chi connectivity index (χ0) is 30.5. The van der Waals surface area contributed by atoms with E-state index in [1.165, 1.54) is 11.1 Å². The Labute approximate surface area is 258 Å². The highest BCUT2D eigenvalue weighted by Gasteiger charge is 2.34. The predicted octanol–water partition coefficient (Wildman–Crippen LogP) is 6.05. The Morgan fingerprint density at radius 1 is 0.886 bits per heavy atom. The van der Waals surface area contributed by atoms with Gasteiger partial charge in [-0.1, -0.05) is 54.6 Å². The first-order chi connectivity index (χ1) is 21.5. The van der Waals surface area contributed by atoms with E-state index in [4.69, 9.17) is 18.9 Å². The number of aliphatic hydroxyl groups excluding tert-OH is 1. The SMILES string of the molecule is COc1cc2c(cc1OC)CN(CC1CC(c3ccc(CO)cc3)OC(c3cccc(NC(=O)c4ccccc4)c3)O1)CC2. The smallest absolute Gasteiger partial charge is 0.255 e. The lowest BCUT2D eigenvalue weighted by molar-refractivity contribution is -0.253. The van der Waals surface area contributed by atoms with Crippen LogP contribution in [0.1, 0.15) is 57.0 Å². The minimum atomic E-state index is -0.619. The van der Waals surface area contributed by atoms with Crippen molar-refractivity contribution in [1.82, 2.24) is 4.90 Å². The second kappa shape index (κ2) is 13.6. The number of aliphatic hydroxyl groups is 1. The normalized spacial score (nSPS) is 20.0. The molecule has 3 unspecified atom stereocenters. The van der Waals surface area contributed by atoms with Crippen LogP contribution in [-0.2, 0) is 29.0 Å². The predicted molar refractivity (Wildman–Crippen MR) is 168 cm³/mol. The van der Waals surface area contributed by atoms with E-state index in [-0.39, 0.29) is 24.7 Å². The van der Waals surface area contributed by atoms with Gasteiger partial charge in [0.1, 0.15) is 0 Å². The lowest BCUT2D eigenvalue weighted by atomic mass is 9.97. The van der Waals surface area contributed by atoms with E-state index in [0.29, 0.717) is 17.7 Å². The average Bonchev–Trinajstić information content (AvgIpc) is 3.08. The molecule has 6 rings (SSSR count). The van der Waals surface area contributed by atoms with E-state index in [1.54, 1.807) is 26.4 Å². The van der Waals surface area contributed by atoms with Gasteiger partial charge in [-0.15, -0.1) is 0 Å². The molecule has 0 aliphatic carbocycles. The van der Waals surface area contributed by atoms with Crippen LogP contribution in [0.2, 0.25) is 0 Å². The zero-order valence-corrected chi connectivity index (χ0v) is 25.1. The van der Waals surface area contributed by atoms with Gasteiger partial charge in [0.05, 0.1) is 33.0 Å². The Balaban J connectivity index is 1.22. The van der Waals surface area contributed by atoms with Crippen LogP contribution in [0.5, 0.6) is 11.5 Å². The van der Waals surface area contributed by atoms with Crippen LogP contribution in [0.4, 0.5) is 5.69 Å². The maximum Gasteiger partial charge on any atom is 0.255 e. The number of carbonyl (C=O) groups is 1. The van der Waals surface area contributed by atoms with Crippen LogP contribution >= 0.6 is 0 Å².